The number of nitrogens with zero attached hydrogens (tertiary/aromatic N) is 2. The number of benzene rings is 2. The summed E-state index contributed by atoms with van der Waals surface area (Å²) in [5.41, 5.74) is 2.11. The molecular weight excluding hydrogens is 428 g/mol. The van der Waals surface area contributed by atoms with Crippen LogP contribution in [0.2, 0.25) is 0 Å². The number of anilines is 2. The number of sulfonamides is 1. The molecule has 2 aromatic carbocycles. The van der Waals surface area contributed by atoms with Crippen LogP contribution in [-0.2, 0) is 14.8 Å². The Kier molecular flexibility index (Phi) is 7.09. The van der Waals surface area contributed by atoms with E-state index in [4.69, 9.17) is 4.74 Å². The summed E-state index contributed by atoms with van der Waals surface area (Å²) in [6.45, 7) is 7.52. The summed E-state index contributed by atoms with van der Waals surface area (Å²) in [5.74, 6) is 0.575. The van der Waals surface area contributed by atoms with E-state index in [1.54, 1.807) is 19.9 Å². The second-order valence-corrected chi connectivity index (χ2v) is 9.28. The van der Waals surface area contributed by atoms with Crippen LogP contribution in [0, 0.1) is 6.92 Å². The second-order valence-electron chi connectivity index (χ2n) is 7.59. The highest BCUT2D eigenvalue weighted by molar-refractivity contribution is 7.92. The van der Waals surface area contributed by atoms with Crippen LogP contribution in [0.3, 0.4) is 0 Å². The molecule has 168 valence electrons. The van der Waals surface area contributed by atoms with E-state index in [2.05, 4.69) is 33.9 Å². The van der Waals surface area contributed by atoms with Gasteiger partial charge in [0.15, 0.2) is 6.10 Å². The van der Waals surface area contributed by atoms with Crippen molar-refractivity contribution in [3.63, 3.8) is 0 Å². The molecule has 1 aromatic heterocycles. The third-order valence-corrected chi connectivity index (χ3v) is 6.01. The average molecular weight is 455 g/mol. The summed E-state index contributed by atoms with van der Waals surface area (Å²) in [7, 11) is -3.86. The number of carbonyl (C=O) groups excluding carboxylic acids is 1. The Morgan fingerprint density at radius 1 is 1.00 bits per heavy atom. The fourth-order valence-corrected chi connectivity index (χ4v) is 3.90. The van der Waals surface area contributed by atoms with Crippen LogP contribution in [0.1, 0.15) is 37.9 Å². The smallest absolute Gasteiger partial charge is 0.265 e. The van der Waals surface area contributed by atoms with Crippen LogP contribution >= 0.6 is 0 Å². The molecule has 1 atom stereocenters. The maximum Gasteiger partial charge on any atom is 0.265 e. The maximum absolute atomic E-state index is 12.6. The van der Waals surface area contributed by atoms with Gasteiger partial charge in [-0.15, -0.1) is 0 Å². The van der Waals surface area contributed by atoms with E-state index in [1.807, 2.05) is 24.3 Å². The lowest BCUT2D eigenvalue weighted by atomic mass is 10.0. The predicted molar refractivity (Wildman–Crippen MR) is 123 cm³/mol. The molecule has 0 aliphatic carbocycles. The molecule has 32 heavy (non-hydrogen) atoms. The van der Waals surface area contributed by atoms with Crippen molar-refractivity contribution in [3.05, 3.63) is 72.1 Å². The van der Waals surface area contributed by atoms with Gasteiger partial charge in [-0.1, -0.05) is 32.0 Å². The first-order chi connectivity index (χ1) is 15.2. The molecule has 0 saturated heterocycles. The Morgan fingerprint density at radius 3 is 2.34 bits per heavy atom. The van der Waals surface area contributed by atoms with Gasteiger partial charge in [-0.05, 0) is 61.7 Å². The van der Waals surface area contributed by atoms with Crippen LogP contribution in [0.15, 0.2) is 65.7 Å². The van der Waals surface area contributed by atoms with Gasteiger partial charge >= 0.3 is 0 Å². The Bertz CT molecular complexity index is 1190. The lowest BCUT2D eigenvalue weighted by Gasteiger charge is -2.18. The van der Waals surface area contributed by atoms with Gasteiger partial charge in [-0.2, -0.15) is 0 Å². The van der Waals surface area contributed by atoms with Crippen LogP contribution < -0.4 is 14.8 Å². The van der Waals surface area contributed by atoms with Gasteiger partial charge in [0.2, 0.25) is 5.95 Å². The number of amides is 1. The van der Waals surface area contributed by atoms with Gasteiger partial charge in [-0.3, -0.25) is 4.79 Å². The molecule has 0 aliphatic heterocycles. The van der Waals surface area contributed by atoms with E-state index in [9.17, 15) is 13.2 Å². The number of para-hydroxylation sites is 1. The van der Waals surface area contributed by atoms with E-state index in [-0.39, 0.29) is 22.7 Å². The zero-order valence-corrected chi connectivity index (χ0v) is 19.2. The van der Waals surface area contributed by atoms with Crippen LogP contribution in [0.4, 0.5) is 11.6 Å². The fourth-order valence-electron chi connectivity index (χ4n) is 2.95. The third kappa shape index (κ3) is 5.82. The predicted octanol–water partition coefficient (Wildman–Crippen LogP) is 4.12. The lowest BCUT2D eigenvalue weighted by molar-refractivity contribution is -0.122. The molecule has 0 saturated carbocycles. The van der Waals surface area contributed by atoms with Crippen molar-refractivity contribution in [3.8, 4) is 5.75 Å². The van der Waals surface area contributed by atoms with Gasteiger partial charge < -0.3 is 10.1 Å². The molecule has 2 N–H and O–H groups in total. The van der Waals surface area contributed by atoms with E-state index in [1.165, 1.54) is 30.5 Å². The SMILES string of the molecule is Cc1ccnc(NS(=O)(=O)c2ccc(NC(=O)[C@@H](C)Oc3ccccc3C(C)C)cc2)n1. The van der Waals surface area contributed by atoms with Crippen molar-refractivity contribution in [2.45, 2.75) is 44.6 Å². The first kappa shape index (κ1) is 23.2. The van der Waals surface area contributed by atoms with Crippen LogP contribution in [-0.4, -0.2) is 30.4 Å². The lowest BCUT2D eigenvalue weighted by Crippen LogP contribution is -2.30. The summed E-state index contributed by atoms with van der Waals surface area (Å²) in [6.07, 6.45) is 0.736. The number of aryl methyl sites for hydroxylation is 1. The van der Waals surface area contributed by atoms with Gasteiger partial charge in [0.05, 0.1) is 4.90 Å². The number of aromatic nitrogens is 2. The van der Waals surface area contributed by atoms with E-state index >= 15 is 0 Å². The molecule has 0 bridgehead atoms. The molecule has 0 aliphatic rings. The highest BCUT2D eigenvalue weighted by atomic mass is 32.2. The molecule has 8 nitrogen and oxygen atoms in total. The first-order valence-electron chi connectivity index (χ1n) is 10.1. The number of rotatable bonds is 8. The summed E-state index contributed by atoms with van der Waals surface area (Å²) >= 11 is 0. The van der Waals surface area contributed by atoms with Crippen molar-refractivity contribution >= 4 is 27.6 Å². The Hall–Kier alpha value is -3.46. The van der Waals surface area contributed by atoms with Gasteiger partial charge in [-0.25, -0.2) is 23.1 Å². The maximum atomic E-state index is 12.6. The molecule has 3 aromatic rings. The van der Waals surface area contributed by atoms with Gasteiger partial charge in [0.25, 0.3) is 15.9 Å². The molecule has 1 heterocycles. The molecule has 3 rings (SSSR count). The highest BCUT2D eigenvalue weighted by Gasteiger charge is 2.19. The summed E-state index contributed by atoms with van der Waals surface area (Å²) in [5, 5.41) is 2.74. The molecule has 0 fully saturated rings. The monoisotopic (exact) mass is 454 g/mol. The number of hydrogen-bond donors (Lipinski definition) is 2. The number of hydrogen-bond acceptors (Lipinski definition) is 6. The standard InChI is InChI=1S/C23H26N4O4S/c1-15(2)20-7-5-6-8-21(20)31-17(4)22(28)26-18-9-11-19(12-10-18)32(29,30)27-23-24-14-13-16(3)25-23/h5-15,17H,1-4H3,(H,26,28)(H,24,25,27)/t17-/m1/s1. The van der Waals surface area contributed by atoms with Crippen molar-refractivity contribution in [2.24, 2.45) is 0 Å². The highest BCUT2D eigenvalue weighted by Crippen LogP contribution is 2.27. The number of ether oxygens (including phenoxy) is 1. The van der Waals surface area contributed by atoms with Crippen LogP contribution in [0.25, 0.3) is 0 Å². The largest absolute Gasteiger partial charge is 0.481 e. The Balaban J connectivity index is 1.65. The number of carbonyl (C=O) groups is 1. The van der Waals surface area contributed by atoms with Gasteiger partial charge in [0.1, 0.15) is 5.75 Å². The molecule has 0 radical (unpaired) electrons. The zero-order chi connectivity index (χ0) is 23.3. The normalized spacial score (nSPS) is 12.3. The Morgan fingerprint density at radius 2 is 1.69 bits per heavy atom. The molecular formula is C23H26N4O4S. The minimum absolute atomic E-state index is 0.00460. The number of nitrogens with one attached hydrogen (secondary N) is 2. The Labute approximate surface area is 188 Å². The molecule has 1 amide bonds. The summed E-state index contributed by atoms with van der Waals surface area (Å²) in [4.78, 5) is 20.5. The van der Waals surface area contributed by atoms with Crippen molar-refractivity contribution in [2.75, 3.05) is 10.0 Å². The second kappa shape index (κ2) is 9.78. The van der Waals surface area contributed by atoms with E-state index in [0.29, 0.717) is 17.1 Å². The van der Waals surface area contributed by atoms with E-state index < -0.39 is 16.1 Å². The average Bonchev–Trinajstić information content (AvgIpc) is 2.74. The van der Waals surface area contributed by atoms with Crippen molar-refractivity contribution in [1.29, 1.82) is 0 Å². The van der Waals surface area contributed by atoms with E-state index in [0.717, 1.165) is 5.56 Å². The molecule has 0 spiro atoms. The van der Waals surface area contributed by atoms with Crippen molar-refractivity contribution in [1.82, 2.24) is 9.97 Å². The summed E-state index contributed by atoms with van der Waals surface area (Å²) < 4.78 is 33.3. The zero-order valence-electron chi connectivity index (χ0n) is 18.4. The van der Waals surface area contributed by atoms with Gasteiger partial charge in [0, 0.05) is 17.6 Å². The topological polar surface area (TPSA) is 110 Å². The molecule has 9 heteroatoms. The summed E-state index contributed by atoms with van der Waals surface area (Å²) in [6, 6.07) is 15.1. The van der Waals surface area contributed by atoms with Crippen LogP contribution in [0.5, 0.6) is 5.75 Å². The first-order valence-corrected chi connectivity index (χ1v) is 11.6. The minimum atomic E-state index is -3.86. The molecule has 0 unspecified atom stereocenters. The quantitative estimate of drug-likeness (QED) is 0.530. The minimum Gasteiger partial charge on any atom is -0.481 e. The fraction of sp³-hybridized carbons (Fsp3) is 0.261. The third-order valence-electron chi connectivity index (χ3n) is 4.67. The van der Waals surface area contributed by atoms with Crippen molar-refractivity contribution < 1.29 is 17.9 Å².